The van der Waals surface area contributed by atoms with Crippen LogP contribution in [0.2, 0.25) is 0 Å². The molecule has 6 nitrogen and oxygen atoms in total. The zero-order valence-electron chi connectivity index (χ0n) is 15.3. The van der Waals surface area contributed by atoms with Crippen molar-refractivity contribution in [3.63, 3.8) is 0 Å². The monoisotopic (exact) mass is 363 g/mol. The van der Waals surface area contributed by atoms with E-state index in [-0.39, 0.29) is 11.9 Å². The molecule has 0 radical (unpaired) electrons. The fraction of sp³-hybridized carbons (Fsp3) is 0.238. The molecule has 4 rings (SSSR count). The number of amides is 1. The number of carbonyl (C=O) groups excluding carboxylic acids is 1. The van der Waals surface area contributed by atoms with Crippen molar-refractivity contribution in [2.45, 2.75) is 18.9 Å². The van der Waals surface area contributed by atoms with Gasteiger partial charge in [-0.05, 0) is 42.2 Å². The molecule has 0 fully saturated rings. The summed E-state index contributed by atoms with van der Waals surface area (Å²) < 4.78 is 10.6. The van der Waals surface area contributed by atoms with E-state index in [0.29, 0.717) is 22.8 Å². The molecule has 138 valence electrons. The topological polar surface area (TPSA) is 76.2 Å². The van der Waals surface area contributed by atoms with Crippen LogP contribution in [-0.2, 0) is 6.42 Å². The highest BCUT2D eigenvalue weighted by Gasteiger charge is 2.25. The van der Waals surface area contributed by atoms with Gasteiger partial charge in [-0.2, -0.15) is 5.10 Å². The van der Waals surface area contributed by atoms with Crippen molar-refractivity contribution in [3.05, 3.63) is 65.4 Å². The average molecular weight is 363 g/mol. The standard InChI is InChI=1S/C21H21N3O3/c1-26-18-10-8-14(11-19(18)27-2)20-16(12-22-24-20)21(25)23-17-9-7-13-5-3-4-6-15(13)17/h3-6,8,10-12,17H,7,9H2,1-2H3,(H,22,24)(H,23,25)/t17-/m1/s1. The summed E-state index contributed by atoms with van der Waals surface area (Å²) in [6.07, 6.45) is 3.45. The number of aromatic nitrogens is 2. The predicted octanol–water partition coefficient (Wildman–Crippen LogP) is 3.51. The van der Waals surface area contributed by atoms with Crippen molar-refractivity contribution >= 4 is 5.91 Å². The SMILES string of the molecule is COc1ccc(-c2[nH]ncc2C(=O)N[C@@H]2CCc3ccccc32)cc1OC. The maximum absolute atomic E-state index is 12.9. The molecule has 0 spiro atoms. The highest BCUT2D eigenvalue weighted by Crippen LogP contribution is 2.34. The number of hydrogen-bond acceptors (Lipinski definition) is 4. The number of methoxy groups -OCH3 is 2. The van der Waals surface area contributed by atoms with Crippen molar-refractivity contribution in [3.8, 4) is 22.8 Å². The summed E-state index contributed by atoms with van der Waals surface area (Å²) in [6, 6.07) is 13.8. The van der Waals surface area contributed by atoms with Crippen LogP contribution in [0.15, 0.2) is 48.7 Å². The first kappa shape index (κ1) is 17.1. The van der Waals surface area contributed by atoms with Crippen LogP contribution in [-0.4, -0.2) is 30.3 Å². The van der Waals surface area contributed by atoms with Gasteiger partial charge in [0.25, 0.3) is 5.91 Å². The first-order chi connectivity index (χ1) is 13.2. The van der Waals surface area contributed by atoms with Crippen LogP contribution >= 0.6 is 0 Å². The number of carbonyl (C=O) groups is 1. The quantitative estimate of drug-likeness (QED) is 0.727. The van der Waals surface area contributed by atoms with Gasteiger partial charge in [-0.3, -0.25) is 9.89 Å². The lowest BCUT2D eigenvalue weighted by Gasteiger charge is -2.14. The Hall–Kier alpha value is -3.28. The van der Waals surface area contributed by atoms with Gasteiger partial charge in [-0.1, -0.05) is 24.3 Å². The molecule has 0 saturated carbocycles. The van der Waals surface area contributed by atoms with Gasteiger partial charge in [0.1, 0.15) is 0 Å². The number of nitrogens with zero attached hydrogens (tertiary/aromatic N) is 1. The fourth-order valence-corrected chi connectivity index (χ4v) is 3.61. The Morgan fingerprint density at radius 2 is 1.96 bits per heavy atom. The predicted molar refractivity (Wildman–Crippen MR) is 102 cm³/mol. The van der Waals surface area contributed by atoms with Crippen LogP contribution in [0.3, 0.4) is 0 Å². The van der Waals surface area contributed by atoms with Crippen LogP contribution in [0.5, 0.6) is 11.5 Å². The van der Waals surface area contributed by atoms with E-state index in [2.05, 4.69) is 27.6 Å². The highest BCUT2D eigenvalue weighted by molar-refractivity contribution is 6.00. The van der Waals surface area contributed by atoms with E-state index < -0.39 is 0 Å². The van der Waals surface area contributed by atoms with E-state index in [4.69, 9.17) is 9.47 Å². The van der Waals surface area contributed by atoms with Gasteiger partial charge < -0.3 is 14.8 Å². The van der Waals surface area contributed by atoms with E-state index in [0.717, 1.165) is 18.4 Å². The number of H-pyrrole nitrogens is 1. The summed E-state index contributed by atoms with van der Waals surface area (Å²) in [6.45, 7) is 0. The fourth-order valence-electron chi connectivity index (χ4n) is 3.61. The van der Waals surface area contributed by atoms with E-state index >= 15 is 0 Å². The molecule has 2 N–H and O–H groups in total. The van der Waals surface area contributed by atoms with Gasteiger partial charge in [-0.15, -0.1) is 0 Å². The molecule has 1 heterocycles. The highest BCUT2D eigenvalue weighted by atomic mass is 16.5. The van der Waals surface area contributed by atoms with Gasteiger partial charge in [0, 0.05) is 5.56 Å². The number of aromatic amines is 1. The maximum atomic E-state index is 12.9. The molecule has 1 aliphatic rings. The number of benzene rings is 2. The number of hydrogen-bond donors (Lipinski definition) is 2. The second kappa shape index (κ2) is 7.15. The molecule has 1 aliphatic carbocycles. The zero-order chi connectivity index (χ0) is 18.8. The summed E-state index contributed by atoms with van der Waals surface area (Å²) in [4.78, 5) is 12.9. The number of aryl methyl sites for hydroxylation is 1. The normalized spacial score (nSPS) is 15.3. The third kappa shape index (κ3) is 3.14. The van der Waals surface area contributed by atoms with Crippen molar-refractivity contribution < 1.29 is 14.3 Å². The summed E-state index contributed by atoms with van der Waals surface area (Å²) in [5.41, 5.74) is 4.46. The van der Waals surface area contributed by atoms with Crippen molar-refractivity contribution in [1.82, 2.24) is 15.5 Å². The smallest absolute Gasteiger partial charge is 0.255 e. The van der Waals surface area contributed by atoms with Crippen LogP contribution in [0.25, 0.3) is 11.3 Å². The van der Waals surface area contributed by atoms with Gasteiger partial charge in [0.05, 0.1) is 37.7 Å². The number of fused-ring (bicyclic) bond motifs is 1. The van der Waals surface area contributed by atoms with E-state index in [1.165, 1.54) is 11.1 Å². The van der Waals surface area contributed by atoms with Crippen LogP contribution in [0, 0.1) is 0 Å². The second-order valence-electron chi connectivity index (χ2n) is 6.49. The van der Waals surface area contributed by atoms with Gasteiger partial charge >= 0.3 is 0 Å². The zero-order valence-corrected chi connectivity index (χ0v) is 15.3. The Labute approximate surface area is 157 Å². The summed E-state index contributed by atoms with van der Waals surface area (Å²) in [5.74, 6) is 1.09. The lowest BCUT2D eigenvalue weighted by Crippen LogP contribution is -2.27. The maximum Gasteiger partial charge on any atom is 0.255 e. The van der Waals surface area contributed by atoms with Crippen molar-refractivity contribution in [1.29, 1.82) is 0 Å². The van der Waals surface area contributed by atoms with Crippen molar-refractivity contribution in [2.75, 3.05) is 14.2 Å². The Kier molecular flexibility index (Phi) is 4.54. The Balaban J connectivity index is 1.60. The molecule has 1 atom stereocenters. The first-order valence-corrected chi connectivity index (χ1v) is 8.85. The summed E-state index contributed by atoms with van der Waals surface area (Å²) >= 11 is 0. The minimum atomic E-state index is -0.143. The van der Waals surface area contributed by atoms with Gasteiger partial charge in [-0.25, -0.2) is 0 Å². The van der Waals surface area contributed by atoms with E-state index in [9.17, 15) is 4.79 Å². The van der Waals surface area contributed by atoms with E-state index in [1.54, 1.807) is 20.4 Å². The van der Waals surface area contributed by atoms with Gasteiger partial charge in [0.15, 0.2) is 11.5 Å². The molecule has 1 amide bonds. The molecule has 0 unspecified atom stereocenters. The number of nitrogens with one attached hydrogen (secondary N) is 2. The van der Waals surface area contributed by atoms with Crippen LogP contribution in [0.4, 0.5) is 0 Å². The van der Waals surface area contributed by atoms with Gasteiger partial charge in [0.2, 0.25) is 0 Å². The number of ether oxygens (including phenoxy) is 2. The summed E-state index contributed by atoms with van der Waals surface area (Å²) in [5, 5.41) is 10.2. The molecule has 0 saturated heterocycles. The third-order valence-corrected chi connectivity index (χ3v) is 4.99. The molecule has 1 aromatic heterocycles. The first-order valence-electron chi connectivity index (χ1n) is 8.85. The Bertz CT molecular complexity index is 980. The lowest BCUT2D eigenvalue weighted by atomic mass is 10.1. The molecule has 3 aromatic rings. The third-order valence-electron chi connectivity index (χ3n) is 4.99. The summed E-state index contributed by atoms with van der Waals surface area (Å²) in [7, 11) is 3.17. The minimum absolute atomic E-state index is 0.0295. The van der Waals surface area contributed by atoms with Crippen LogP contribution < -0.4 is 14.8 Å². The van der Waals surface area contributed by atoms with E-state index in [1.807, 2.05) is 30.3 Å². The Morgan fingerprint density at radius 3 is 2.78 bits per heavy atom. The molecule has 6 heteroatoms. The largest absolute Gasteiger partial charge is 0.493 e. The molecule has 0 bridgehead atoms. The van der Waals surface area contributed by atoms with Crippen molar-refractivity contribution in [2.24, 2.45) is 0 Å². The lowest BCUT2D eigenvalue weighted by molar-refractivity contribution is 0.0937. The molecule has 2 aromatic carbocycles. The molecular formula is C21H21N3O3. The number of rotatable bonds is 5. The average Bonchev–Trinajstić information content (AvgIpc) is 3.35. The molecule has 0 aliphatic heterocycles. The second-order valence-corrected chi connectivity index (χ2v) is 6.49. The van der Waals surface area contributed by atoms with Crippen LogP contribution in [0.1, 0.15) is 33.9 Å². The molecular weight excluding hydrogens is 342 g/mol. The molecule has 27 heavy (non-hydrogen) atoms. The Morgan fingerprint density at radius 1 is 1.15 bits per heavy atom. The minimum Gasteiger partial charge on any atom is -0.493 e.